The number of benzene rings is 2. The number of amides is 1. The number of nitrogens with zero attached hydrogens (tertiary/aromatic N) is 1. The van der Waals surface area contributed by atoms with Crippen LogP contribution in [0.25, 0.3) is 0 Å². The van der Waals surface area contributed by atoms with E-state index < -0.39 is 5.82 Å². The van der Waals surface area contributed by atoms with E-state index >= 15 is 0 Å². The van der Waals surface area contributed by atoms with Gasteiger partial charge in [-0.2, -0.15) is 0 Å². The summed E-state index contributed by atoms with van der Waals surface area (Å²) in [6, 6.07) is 11.7. The van der Waals surface area contributed by atoms with Crippen molar-refractivity contribution in [1.29, 1.82) is 0 Å². The van der Waals surface area contributed by atoms with Crippen molar-refractivity contribution in [3.8, 4) is 11.5 Å². The molecule has 0 saturated carbocycles. The number of carbonyl (C=O) groups is 1. The van der Waals surface area contributed by atoms with E-state index in [1.165, 1.54) is 12.1 Å². The Morgan fingerprint density at radius 3 is 2.69 bits per heavy atom. The molecule has 7 heteroatoms. The second-order valence-corrected chi connectivity index (χ2v) is 8.88. The molecule has 1 amide bonds. The minimum absolute atomic E-state index is 0.00628. The number of carbonyl (C=O) groups excluding carboxylic acids is 1. The van der Waals surface area contributed by atoms with Crippen LogP contribution < -0.4 is 9.47 Å². The lowest BCUT2D eigenvalue weighted by atomic mass is 9.90. The summed E-state index contributed by atoms with van der Waals surface area (Å²) in [5.41, 5.74) is 0.931. The Labute approximate surface area is 188 Å². The fraction of sp³-hybridized carbons (Fsp3) is 0.480. The maximum Gasteiger partial charge on any atom is 0.257 e. The van der Waals surface area contributed by atoms with Crippen LogP contribution in [0.4, 0.5) is 4.39 Å². The van der Waals surface area contributed by atoms with E-state index in [1.54, 1.807) is 24.1 Å². The summed E-state index contributed by atoms with van der Waals surface area (Å²) in [6.07, 6.45) is 1.81. The van der Waals surface area contributed by atoms with E-state index in [1.807, 2.05) is 18.2 Å². The van der Waals surface area contributed by atoms with Gasteiger partial charge in [-0.05, 0) is 42.7 Å². The van der Waals surface area contributed by atoms with Gasteiger partial charge < -0.3 is 23.8 Å². The zero-order valence-electron chi connectivity index (χ0n) is 18.6. The van der Waals surface area contributed by atoms with Gasteiger partial charge >= 0.3 is 0 Å². The highest BCUT2D eigenvalue weighted by molar-refractivity contribution is 5.94. The van der Waals surface area contributed by atoms with Crippen LogP contribution in [0.3, 0.4) is 0 Å². The van der Waals surface area contributed by atoms with Gasteiger partial charge in [0.1, 0.15) is 5.82 Å². The molecule has 2 heterocycles. The molecular weight excluding hydrogens is 413 g/mol. The molecule has 4 rings (SSSR count). The molecule has 1 atom stereocenters. The second-order valence-electron chi connectivity index (χ2n) is 8.88. The third-order valence-corrected chi connectivity index (χ3v) is 5.92. The summed E-state index contributed by atoms with van der Waals surface area (Å²) in [6.45, 7) is 5.38. The predicted octanol–water partition coefficient (Wildman–Crippen LogP) is 4.07. The molecule has 0 radical (unpaired) electrons. The van der Waals surface area contributed by atoms with Gasteiger partial charge in [0.2, 0.25) is 0 Å². The second kappa shape index (κ2) is 9.88. The lowest BCUT2D eigenvalue weighted by Gasteiger charge is -2.37. The Hall–Kier alpha value is -2.64. The van der Waals surface area contributed by atoms with Crippen molar-refractivity contribution in [3.63, 3.8) is 0 Å². The van der Waals surface area contributed by atoms with Crippen LogP contribution in [0.15, 0.2) is 42.5 Å². The topological polar surface area (TPSA) is 57.2 Å². The Bertz CT molecular complexity index is 940. The third kappa shape index (κ3) is 5.22. The molecule has 0 aliphatic carbocycles. The van der Waals surface area contributed by atoms with E-state index in [-0.39, 0.29) is 23.0 Å². The highest BCUT2D eigenvalue weighted by Crippen LogP contribution is 2.33. The van der Waals surface area contributed by atoms with E-state index in [0.29, 0.717) is 51.0 Å². The van der Waals surface area contributed by atoms with Gasteiger partial charge in [-0.15, -0.1) is 0 Å². The SMILES string of the molecule is COc1ccc(CN(CC2CCCO2)C(=O)c2ccccc2F)cc1OCC1(C)COC1. The van der Waals surface area contributed by atoms with Gasteiger partial charge in [-0.1, -0.05) is 25.1 Å². The zero-order chi connectivity index (χ0) is 22.6. The van der Waals surface area contributed by atoms with Crippen LogP contribution in [0.1, 0.15) is 35.7 Å². The molecule has 2 aliphatic rings. The van der Waals surface area contributed by atoms with Crippen molar-refractivity contribution in [1.82, 2.24) is 4.90 Å². The van der Waals surface area contributed by atoms with Crippen LogP contribution in [-0.2, 0) is 16.0 Å². The number of halogens is 1. The summed E-state index contributed by atoms with van der Waals surface area (Å²) in [5.74, 6) is 0.373. The molecule has 32 heavy (non-hydrogen) atoms. The first-order chi connectivity index (χ1) is 15.5. The number of methoxy groups -OCH3 is 1. The normalized spacial score (nSPS) is 19.3. The maximum atomic E-state index is 14.3. The minimum Gasteiger partial charge on any atom is -0.493 e. The Balaban J connectivity index is 1.54. The molecule has 2 aromatic carbocycles. The Morgan fingerprint density at radius 2 is 2.03 bits per heavy atom. The number of rotatable bonds is 9. The molecule has 6 nitrogen and oxygen atoms in total. The first-order valence-electron chi connectivity index (χ1n) is 11.0. The van der Waals surface area contributed by atoms with Crippen molar-refractivity contribution in [3.05, 3.63) is 59.4 Å². The molecule has 2 aromatic rings. The largest absolute Gasteiger partial charge is 0.493 e. The lowest BCUT2D eigenvalue weighted by molar-refractivity contribution is -0.120. The van der Waals surface area contributed by atoms with E-state index in [9.17, 15) is 9.18 Å². The van der Waals surface area contributed by atoms with Gasteiger partial charge in [0, 0.05) is 25.1 Å². The van der Waals surface area contributed by atoms with Crippen LogP contribution >= 0.6 is 0 Å². The summed E-state index contributed by atoms with van der Waals surface area (Å²) >= 11 is 0. The molecule has 2 fully saturated rings. The first-order valence-corrected chi connectivity index (χ1v) is 11.0. The van der Waals surface area contributed by atoms with Crippen molar-refractivity contribution < 1.29 is 28.1 Å². The van der Waals surface area contributed by atoms with Gasteiger partial charge in [0.05, 0.1) is 38.6 Å². The zero-order valence-corrected chi connectivity index (χ0v) is 18.6. The molecule has 172 valence electrons. The first kappa shape index (κ1) is 22.6. The predicted molar refractivity (Wildman–Crippen MR) is 118 cm³/mol. The number of ether oxygens (including phenoxy) is 4. The molecule has 0 aromatic heterocycles. The monoisotopic (exact) mass is 443 g/mol. The van der Waals surface area contributed by atoms with Crippen molar-refractivity contribution in [2.45, 2.75) is 32.4 Å². The lowest BCUT2D eigenvalue weighted by Crippen LogP contribution is -2.44. The fourth-order valence-electron chi connectivity index (χ4n) is 4.00. The highest BCUT2D eigenvalue weighted by atomic mass is 19.1. The quantitative estimate of drug-likeness (QED) is 0.585. The molecule has 2 saturated heterocycles. The van der Waals surface area contributed by atoms with E-state index in [0.717, 1.165) is 18.4 Å². The summed E-state index contributed by atoms with van der Waals surface area (Å²) in [4.78, 5) is 14.9. The van der Waals surface area contributed by atoms with Crippen molar-refractivity contribution in [2.24, 2.45) is 5.41 Å². The van der Waals surface area contributed by atoms with E-state index in [2.05, 4.69) is 6.92 Å². The Morgan fingerprint density at radius 1 is 1.22 bits per heavy atom. The highest BCUT2D eigenvalue weighted by Gasteiger charge is 2.34. The molecule has 1 unspecified atom stereocenters. The smallest absolute Gasteiger partial charge is 0.257 e. The van der Waals surface area contributed by atoms with Gasteiger partial charge in [-0.25, -0.2) is 4.39 Å². The van der Waals surface area contributed by atoms with Gasteiger partial charge in [-0.3, -0.25) is 4.79 Å². The minimum atomic E-state index is -0.524. The Kier molecular flexibility index (Phi) is 6.96. The van der Waals surface area contributed by atoms with Crippen molar-refractivity contribution >= 4 is 5.91 Å². The van der Waals surface area contributed by atoms with E-state index in [4.69, 9.17) is 18.9 Å². The fourth-order valence-corrected chi connectivity index (χ4v) is 4.00. The third-order valence-electron chi connectivity index (χ3n) is 5.92. The van der Waals surface area contributed by atoms with Gasteiger partial charge in [0.15, 0.2) is 11.5 Å². The van der Waals surface area contributed by atoms with Gasteiger partial charge in [0.25, 0.3) is 5.91 Å². The average molecular weight is 444 g/mol. The van der Waals surface area contributed by atoms with Crippen molar-refractivity contribution in [2.75, 3.05) is 40.1 Å². The number of hydrogen-bond donors (Lipinski definition) is 0. The van der Waals surface area contributed by atoms with Crippen LogP contribution in [-0.4, -0.2) is 57.0 Å². The summed E-state index contributed by atoms with van der Waals surface area (Å²) in [5, 5.41) is 0. The standard InChI is InChI=1S/C25H30FNO5/c1-25(15-30-16-25)17-32-23-12-18(9-10-22(23)29-2)13-27(14-19-6-5-11-31-19)24(28)20-7-3-4-8-21(20)26/h3-4,7-10,12,19H,5-6,11,13-17H2,1-2H3. The molecule has 0 spiro atoms. The van der Waals surface area contributed by atoms with Crippen LogP contribution in [0.2, 0.25) is 0 Å². The summed E-state index contributed by atoms with van der Waals surface area (Å²) < 4.78 is 36.9. The molecule has 0 N–H and O–H groups in total. The van der Waals surface area contributed by atoms with Crippen LogP contribution in [0.5, 0.6) is 11.5 Å². The molecule has 2 aliphatic heterocycles. The molecular formula is C25H30FNO5. The average Bonchev–Trinajstić information content (AvgIpc) is 3.29. The number of hydrogen-bond acceptors (Lipinski definition) is 5. The maximum absolute atomic E-state index is 14.3. The summed E-state index contributed by atoms with van der Waals surface area (Å²) in [7, 11) is 1.60. The molecule has 0 bridgehead atoms. The van der Waals surface area contributed by atoms with Crippen LogP contribution in [0, 0.1) is 11.2 Å².